The van der Waals surface area contributed by atoms with Crippen LogP contribution in [0.25, 0.3) is 6.08 Å². The number of carbonyl (C=O) groups excluding carboxylic acids is 1. The van der Waals surface area contributed by atoms with Gasteiger partial charge in [0.25, 0.3) is 5.91 Å². The van der Waals surface area contributed by atoms with Crippen molar-refractivity contribution < 1.29 is 22.6 Å². The standard InChI is InChI=1S/C19H24N4O4S/c1-15-14-18(21-27-15)20-19(24)16(2)22-9-11-23(12-10-22)28(25,26)13-8-17-6-4-3-5-7-17/h3-8,13-14,16H,9-12H2,1-2H3,(H,20,21,24)/p+1/b13-8+/t16-/m1/s1. The second-order valence-corrected chi connectivity index (χ2v) is 8.67. The molecule has 1 aliphatic rings. The number of sulfonamides is 1. The topological polar surface area (TPSA) is 97.0 Å². The number of amides is 1. The summed E-state index contributed by atoms with van der Waals surface area (Å²) >= 11 is 0. The predicted octanol–water partition coefficient (Wildman–Crippen LogP) is 0.511. The Morgan fingerprint density at radius 3 is 2.57 bits per heavy atom. The number of aromatic nitrogens is 1. The number of piperazine rings is 1. The zero-order chi connectivity index (χ0) is 20.1. The highest BCUT2D eigenvalue weighted by atomic mass is 32.2. The summed E-state index contributed by atoms with van der Waals surface area (Å²) in [7, 11) is -3.48. The maximum Gasteiger partial charge on any atom is 0.283 e. The zero-order valence-electron chi connectivity index (χ0n) is 16.0. The van der Waals surface area contributed by atoms with Crippen molar-refractivity contribution in [3.05, 3.63) is 53.1 Å². The van der Waals surface area contributed by atoms with Crippen LogP contribution in [0.4, 0.5) is 5.82 Å². The van der Waals surface area contributed by atoms with Crippen LogP contribution >= 0.6 is 0 Å². The molecule has 1 aromatic carbocycles. The number of hydrogen-bond donors (Lipinski definition) is 2. The third-order valence-electron chi connectivity index (χ3n) is 4.84. The van der Waals surface area contributed by atoms with E-state index in [9.17, 15) is 13.2 Å². The van der Waals surface area contributed by atoms with Crippen molar-refractivity contribution in [2.45, 2.75) is 19.9 Å². The van der Waals surface area contributed by atoms with E-state index in [4.69, 9.17) is 4.52 Å². The number of benzene rings is 1. The number of nitrogens with one attached hydrogen (secondary N) is 2. The molecular formula is C19H25N4O4S+. The first kappa shape index (κ1) is 20.2. The number of anilines is 1. The van der Waals surface area contributed by atoms with E-state index in [0.29, 0.717) is 37.8 Å². The molecule has 2 heterocycles. The Balaban J connectivity index is 1.54. The van der Waals surface area contributed by atoms with Gasteiger partial charge in [-0.15, -0.1) is 0 Å². The highest BCUT2D eigenvalue weighted by molar-refractivity contribution is 7.92. The second-order valence-electron chi connectivity index (χ2n) is 6.85. The molecule has 8 nitrogen and oxygen atoms in total. The van der Waals surface area contributed by atoms with Gasteiger partial charge in [-0.3, -0.25) is 4.79 Å². The van der Waals surface area contributed by atoms with Crippen molar-refractivity contribution in [2.75, 3.05) is 31.5 Å². The Morgan fingerprint density at radius 2 is 1.96 bits per heavy atom. The first-order chi connectivity index (χ1) is 13.3. The maximum absolute atomic E-state index is 12.5. The van der Waals surface area contributed by atoms with E-state index in [1.54, 1.807) is 19.1 Å². The van der Waals surface area contributed by atoms with Crippen molar-refractivity contribution >= 4 is 27.8 Å². The van der Waals surface area contributed by atoms with Crippen LogP contribution in [0.1, 0.15) is 18.2 Å². The van der Waals surface area contributed by atoms with Gasteiger partial charge in [0.15, 0.2) is 11.9 Å². The summed E-state index contributed by atoms with van der Waals surface area (Å²) in [6.07, 6.45) is 1.60. The smallest absolute Gasteiger partial charge is 0.283 e. The average Bonchev–Trinajstić information content (AvgIpc) is 3.11. The molecule has 1 saturated heterocycles. The summed E-state index contributed by atoms with van der Waals surface area (Å²) in [5.41, 5.74) is 0.837. The lowest BCUT2D eigenvalue weighted by atomic mass is 10.2. The van der Waals surface area contributed by atoms with Gasteiger partial charge in [-0.1, -0.05) is 35.5 Å². The van der Waals surface area contributed by atoms with Gasteiger partial charge in [0, 0.05) is 11.5 Å². The number of nitrogens with zero attached hydrogens (tertiary/aromatic N) is 2. The van der Waals surface area contributed by atoms with Gasteiger partial charge in [-0.05, 0) is 25.5 Å². The molecule has 0 unspecified atom stereocenters. The lowest BCUT2D eigenvalue weighted by Crippen LogP contribution is -3.19. The third-order valence-corrected chi connectivity index (χ3v) is 6.41. The molecule has 1 aliphatic heterocycles. The maximum atomic E-state index is 12.5. The molecule has 9 heteroatoms. The Hall–Kier alpha value is -2.49. The van der Waals surface area contributed by atoms with Crippen molar-refractivity contribution in [2.24, 2.45) is 0 Å². The summed E-state index contributed by atoms with van der Waals surface area (Å²) in [4.78, 5) is 13.4. The first-order valence-electron chi connectivity index (χ1n) is 9.17. The van der Waals surface area contributed by atoms with Crippen molar-refractivity contribution in [1.29, 1.82) is 0 Å². The molecule has 2 aromatic rings. The highest BCUT2D eigenvalue weighted by Crippen LogP contribution is 2.09. The fourth-order valence-electron chi connectivity index (χ4n) is 3.12. The minimum Gasteiger partial charge on any atom is -0.360 e. The molecule has 0 saturated carbocycles. The summed E-state index contributed by atoms with van der Waals surface area (Å²) in [5, 5.41) is 7.74. The quantitative estimate of drug-likeness (QED) is 0.730. The molecule has 0 radical (unpaired) electrons. The van der Waals surface area contributed by atoms with E-state index in [-0.39, 0.29) is 11.9 Å². The summed E-state index contributed by atoms with van der Waals surface area (Å²) in [6, 6.07) is 10.7. The third kappa shape index (κ3) is 5.06. The second kappa shape index (κ2) is 8.68. The molecule has 3 rings (SSSR count). The molecule has 1 atom stereocenters. The summed E-state index contributed by atoms with van der Waals surface area (Å²) in [5.74, 6) is 0.849. The van der Waals surface area contributed by atoms with Gasteiger partial charge in [0.2, 0.25) is 10.0 Å². The fraction of sp³-hybridized carbons (Fsp3) is 0.368. The molecule has 1 fully saturated rings. The van der Waals surface area contributed by atoms with Crippen LogP contribution in [-0.4, -0.2) is 56.0 Å². The summed E-state index contributed by atoms with van der Waals surface area (Å²) < 4.78 is 31.5. The summed E-state index contributed by atoms with van der Waals surface area (Å²) in [6.45, 7) is 5.45. The van der Waals surface area contributed by atoms with Crippen LogP contribution in [0.5, 0.6) is 0 Å². The number of hydrogen-bond acceptors (Lipinski definition) is 5. The average molecular weight is 406 g/mol. The Kier molecular flexibility index (Phi) is 6.28. The molecule has 150 valence electrons. The molecule has 1 aromatic heterocycles. The van der Waals surface area contributed by atoms with E-state index in [1.165, 1.54) is 9.71 Å². The lowest BCUT2D eigenvalue weighted by Gasteiger charge is -2.33. The molecular weight excluding hydrogens is 380 g/mol. The van der Waals surface area contributed by atoms with Gasteiger partial charge in [0.1, 0.15) is 5.76 Å². The van der Waals surface area contributed by atoms with Gasteiger partial charge in [-0.2, -0.15) is 4.31 Å². The number of rotatable bonds is 6. The fourth-order valence-corrected chi connectivity index (χ4v) is 4.31. The van der Waals surface area contributed by atoms with Crippen molar-refractivity contribution in [3.8, 4) is 0 Å². The Morgan fingerprint density at radius 1 is 1.29 bits per heavy atom. The molecule has 0 aliphatic carbocycles. The SMILES string of the molecule is Cc1cc(NC(=O)[C@@H](C)[NH+]2CCN(S(=O)(=O)/C=C/c3ccccc3)CC2)no1. The van der Waals surface area contributed by atoms with Crippen LogP contribution < -0.4 is 10.2 Å². The van der Waals surface area contributed by atoms with E-state index in [0.717, 1.165) is 10.5 Å². The number of carbonyl (C=O) groups is 1. The zero-order valence-corrected chi connectivity index (χ0v) is 16.8. The molecule has 0 bridgehead atoms. The molecule has 1 amide bonds. The van der Waals surface area contributed by atoms with Crippen LogP contribution in [-0.2, 0) is 14.8 Å². The van der Waals surface area contributed by atoms with Gasteiger partial charge in [0.05, 0.1) is 26.2 Å². The number of aryl methyl sites for hydroxylation is 1. The first-order valence-corrected chi connectivity index (χ1v) is 10.7. The lowest BCUT2D eigenvalue weighted by molar-refractivity contribution is -0.917. The van der Waals surface area contributed by atoms with Crippen molar-refractivity contribution in [1.82, 2.24) is 9.46 Å². The number of quaternary nitrogens is 1. The predicted molar refractivity (Wildman–Crippen MR) is 106 cm³/mol. The normalized spacial score (nSPS) is 17.6. The van der Waals surface area contributed by atoms with E-state index in [2.05, 4.69) is 10.5 Å². The van der Waals surface area contributed by atoms with Crippen LogP contribution in [0, 0.1) is 6.92 Å². The van der Waals surface area contributed by atoms with E-state index in [1.807, 2.05) is 37.3 Å². The van der Waals surface area contributed by atoms with Gasteiger partial charge < -0.3 is 14.7 Å². The molecule has 28 heavy (non-hydrogen) atoms. The van der Waals surface area contributed by atoms with Crippen molar-refractivity contribution in [3.63, 3.8) is 0 Å². The van der Waals surface area contributed by atoms with Crippen LogP contribution in [0.3, 0.4) is 0 Å². The Bertz CT molecular complexity index is 932. The van der Waals surface area contributed by atoms with Crippen LogP contribution in [0.2, 0.25) is 0 Å². The minimum absolute atomic E-state index is 0.163. The Labute approximate surface area is 164 Å². The monoisotopic (exact) mass is 405 g/mol. The van der Waals surface area contributed by atoms with E-state index < -0.39 is 10.0 Å². The van der Waals surface area contributed by atoms with E-state index >= 15 is 0 Å². The van der Waals surface area contributed by atoms with Gasteiger partial charge in [-0.25, -0.2) is 8.42 Å². The van der Waals surface area contributed by atoms with Crippen LogP contribution in [0.15, 0.2) is 46.3 Å². The molecule has 2 N–H and O–H groups in total. The van der Waals surface area contributed by atoms with Gasteiger partial charge >= 0.3 is 0 Å². The highest BCUT2D eigenvalue weighted by Gasteiger charge is 2.33. The minimum atomic E-state index is -3.48. The molecule has 0 spiro atoms. The largest absolute Gasteiger partial charge is 0.360 e.